The first-order valence-corrected chi connectivity index (χ1v) is 6.63. The van der Waals surface area contributed by atoms with E-state index >= 15 is 0 Å². The Morgan fingerprint density at radius 3 is 2.57 bits per heavy atom. The van der Waals surface area contributed by atoms with Gasteiger partial charge < -0.3 is 15.8 Å². The van der Waals surface area contributed by atoms with Gasteiger partial charge in [0.25, 0.3) is 0 Å². The number of rotatable bonds is 4. The molecule has 0 fully saturated rings. The van der Waals surface area contributed by atoms with E-state index < -0.39 is 0 Å². The van der Waals surface area contributed by atoms with Crippen LogP contribution in [0.3, 0.4) is 0 Å². The van der Waals surface area contributed by atoms with Crippen molar-refractivity contribution >= 4 is 17.4 Å². The molecule has 0 radical (unpaired) electrons. The Bertz CT molecular complexity index is 628. The van der Waals surface area contributed by atoms with Gasteiger partial charge in [-0.25, -0.2) is 4.79 Å². The minimum Gasteiger partial charge on any atom is -0.495 e. The van der Waals surface area contributed by atoms with Crippen LogP contribution in [-0.4, -0.2) is 20.2 Å². The molecule has 2 rings (SSSR count). The molecular weight excluding hydrogens is 266 g/mol. The van der Waals surface area contributed by atoms with Gasteiger partial charge in [0.15, 0.2) is 0 Å². The molecule has 0 saturated heterocycles. The Balaban J connectivity index is 2.20. The van der Waals surface area contributed by atoms with Crippen molar-refractivity contribution in [3.8, 4) is 5.75 Å². The molecule has 2 aromatic carbocycles. The largest absolute Gasteiger partial charge is 0.495 e. The smallest absolute Gasteiger partial charge is 0.326 e. The van der Waals surface area contributed by atoms with Gasteiger partial charge in [0.2, 0.25) is 0 Å². The van der Waals surface area contributed by atoms with Crippen molar-refractivity contribution in [3.05, 3.63) is 54.1 Å². The van der Waals surface area contributed by atoms with Gasteiger partial charge in [-0.1, -0.05) is 30.3 Å². The molecular formula is C16H19N3O2. The first kappa shape index (κ1) is 14.9. The molecule has 5 nitrogen and oxygen atoms in total. The number of amides is 2. The Hall–Kier alpha value is -2.53. The number of hydrogen-bond acceptors (Lipinski definition) is 3. The van der Waals surface area contributed by atoms with Crippen LogP contribution in [0.25, 0.3) is 0 Å². The number of para-hydroxylation sites is 3. The zero-order valence-corrected chi connectivity index (χ0v) is 12.2. The predicted octanol–water partition coefficient (Wildman–Crippen LogP) is 2.82. The second-order valence-electron chi connectivity index (χ2n) is 4.52. The van der Waals surface area contributed by atoms with Gasteiger partial charge in [0.1, 0.15) is 5.75 Å². The predicted molar refractivity (Wildman–Crippen MR) is 84.7 cm³/mol. The Morgan fingerprint density at radius 2 is 1.86 bits per heavy atom. The molecule has 5 heteroatoms. The molecule has 21 heavy (non-hydrogen) atoms. The lowest BCUT2D eigenvalue weighted by Gasteiger charge is -2.21. The molecule has 0 bridgehead atoms. The number of methoxy groups -OCH3 is 1. The van der Waals surface area contributed by atoms with E-state index in [4.69, 9.17) is 10.5 Å². The summed E-state index contributed by atoms with van der Waals surface area (Å²) in [6, 6.07) is 14.6. The maximum absolute atomic E-state index is 12.4. The summed E-state index contributed by atoms with van der Waals surface area (Å²) >= 11 is 0. The molecule has 0 aliphatic rings. The highest BCUT2D eigenvalue weighted by Gasteiger charge is 2.15. The van der Waals surface area contributed by atoms with Gasteiger partial charge in [-0.15, -0.1) is 0 Å². The fraction of sp³-hybridized carbons (Fsp3) is 0.188. The quantitative estimate of drug-likeness (QED) is 0.907. The number of carbonyl (C=O) groups excluding carboxylic acids is 1. The van der Waals surface area contributed by atoms with E-state index in [9.17, 15) is 4.79 Å². The van der Waals surface area contributed by atoms with E-state index in [-0.39, 0.29) is 6.03 Å². The summed E-state index contributed by atoms with van der Waals surface area (Å²) in [6.45, 7) is 0.377. The van der Waals surface area contributed by atoms with Crippen LogP contribution in [-0.2, 0) is 6.54 Å². The number of ether oxygens (including phenoxy) is 1. The summed E-state index contributed by atoms with van der Waals surface area (Å²) in [5, 5.41) is 2.83. The topological polar surface area (TPSA) is 67.6 Å². The van der Waals surface area contributed by atoms with E-state index in [1.807, 2.05) is 36.4 Å². The Labute approximate surface area is 124 Å². The van der Waals surface area contributed by atoms with Gasteiger partial charge in [-0.3, -0.25) is 4.90 Å². The molecule has 0 unspecified atom stereocenters. The number of carbonyl (C=O) groups is 1. The van der Waals surface area contributed by atoms with Gasteiger partial charge in [0.05, 0.1) is 12.8 Å². The highest BCUT2D eigenvalue weighted by atomic mass is 16.5. The summed E-state index contributed by atoms with van der Waals surface area (Å²) in [5.74, 6) is 0.617. The van der Waals surface area contributed by atoms with Gasteiger partial charge in [0, 0.05) is 19.3 Å². The molecule has 0 aliphatic heterocycles. The van der Waals surface area contributed by atoms with Gasteiger partial charge >= 0.3 is 6.03 Å². The number of nitrogens with zero attached hydrogens (tertiary/aromatic N) is 1. The van der Waals surface area contributed by atoms with E-state index in [1.165, 1.54) is 4.90 Å². The minimum atomic E-state index is -0.250. The first-order chi connectivity index (χ1) is 10.2. The third-order valence-electron chi connectivity index (χ3n) is 3.23. The second-order valence-corrected chi connectivity index (χ2v) is 4.52. The van der Waals surface area contributed by atoms with E-state index in [1.54, 1.807) is 26.3 Å². The molecule has 0 atom stereocenters. The third kappa shape index (κ3) is 3.32. The number of nitrogens with two attached hydrogens (primary N) is 1. The fourth-order valence-corrected chi connectivity index (χ4v) is 2.07. The standard InChI is InChI=1S/C16H19N3O2/c1-19(14-9-5-3-7-12(14)11-17)16(20)18-13-8-4-6-10-15(13)21-2/h3-10H,11,17H2,1-2H3,(H,18,20). The third-order valence-corrected chi connectivity index (χ3v) is 3.23. The molecule has 110 valence electrons. The summed E-state index contributed by atoms with van der Waals surface area (Å²) in [5.41, 5.74) is 8.03. The van der Waals surface area contributed by atoms with Crippen molar-refractivity contribution in [2.75, 3.05) is 24.4 Å². The average molecular weight is 285 g/mol. The molecule has 0 spiro atoms. The molecule has 0 saturated carbocycles. The van der Waals surface area contributed by atoms with E-state index in [0.717, 1.165) is 11.3 Å². The van der Waals surface area contributed by atoms with Crippen LogP contribution in [0.1, 0.15) is 5.56 Å². The van der Waals surface area contributed by atoms with Crippen molar-refractivity contribution in [2.45, 2.75) is 6.54 Å². The molecule has 3 N–H and O–H groups in total. The highest BCUT2D eigenvalue weighted by Crippen LogP contribution is 2.25. The highest BCUT2D eigenvalue weighted by molar-refractivity contribution is 6.02. The lowest BCUT2D eigenvalue weighted by atomic mass is 10.1. The number of hydrogen-bond donors (Lipinski definition) is 2. The van der Waals surface area contributed by atoms with Crippen LogP contribution in [0.2, 0.25) is 0 Å². The van der Waals surface area contributed by atoms with Crippen molar-refractivity contribution in [2.24, 2.45) is 5.73 Å². The van der Waals surface area contributed by atoms with Crippen molar-refractivity contribution in [1.82, 2.24) is 0 Å². The maximum atomic E-state index is 12.4. The average Bonchev–Trinajstić information content (AvgIpc) is 2.54. The summed E-state index contributed by atoms with van der Waals surface area (Å²) in [7, 11) is 3.28. The Morgan fingerprint density at radius 1 is 1.19 bits per heavy atom. The normalized spacial score (nSPS) is 10.0. The molecule has 0 aromatic heterocycles. The maximum Gasteiger partial charge on any atom is 0.326 e. The Kier molecular flexibility index (Phi) is 4.79. The number of anilines is 2. The molecule has 2 aromatic rings. The van der Waals surface area contributed by atoms with Crippen molar-refractivity contribution < 1.29 is 9.53 Å². The monoisotopic (exact) mass is 285 g/mol. The molecule has 2 amide bonds. The van der Waals surface area contributed by atoms with Crippen LogP contribution in [0.5, 0.6) is 5.75 Å². The van der Waals surface area contributed by atoms with Crippen LogP contribution in [0, 0.1) is 0 Å². The van der Waals surface area contributed by atoms with Crippen molar-refractivity contribution in [1.29, 1.82) is 0 Å². The molecule has 0 aliphatic carbocycles. The summed E-state index contributed by atoms with van der Waals surface area (Å²) < 4.78 is 5.22. The van der Waals surface area contributed by atoms with Crippen molar-refractivity contribution in [3.63, 3.8) is 0 Å². The number of nitrogens with one attached hydrogen (secondary N) is 1. The number of urea groups is 1. The first-order valence-electron chi connectivity index (χ1n) is 6.63. The van der Waals surface area contributed by atoms with Crippen LogP contribution < -0.4 is 20.7 Å². The summed E-state index contributed by atoms with van der Waals surface area (Å²) in [4.78, 5) is 13.9. The second kappa shape index (κ2) is 6.76. The van der Waals surface area contributed by atoms with Crippen LogP contribution in [0.4, 0.5) is 16.2 Å². The van der Waals surface area contributed by atoms with E-state index in [2.05, 4.69) is 5.32 Å². The van der Waals surface area contributed by atoms with Crippen LogP contribution >= 0.6 is 0 Å². The van der Waals surface area contributed by atoms with Crippen LogP contribution in [0.15, 0.2) is 48.5 Å². The lowest BCUT2D eigenvalue weighted by molar-refractivity contribution is 0.258. The van der Waals surface area contributed by atoms with E-state index in [0.29, 0.717) is 18.0 Å². The summed E-state index contributed by atoms with van der Waals surface area (Å²) in [6.07, 6.45) is 0. The fourth-order valence-electron chi connectivity index (χ4n) is 2.07. The zero-order valence-electron chi connectivity index (χ0n) is 12.2. The SMILES string of the molecule is COc1ccccc1NC(=O)N(C)c1ccccc1CN. The van der Waals surface area contributed by atoms with Gasteiger partial charge in [-0.05, 0) is 23.8 Å². The van der Waals surface area contributed by atoms with Gasteiger partial charge in [-0.2, -0.15) is 0 Å². The number of benzene rings is 2. The zero-order chi connectivity index (χ0) is 15.2. The minimum absolute atomic E-state index is 0.250. The lowest BCUT2D eigenvalue weighted by Crippen LogP contribution is -2.32. The molecule has 0 heterocycles.